The van der Waals surface area contributed by atoms with Crippen LogP contribution in [0.1, 0.15) is 43.2 Å². The zero-order chi connectivity index (χ0) is 19.2. The molecule has 0 saturated heterocycles. The molecule has 6 N–H and O–H groups in total. The highest BCUT2D eigenvalue weighted by Crippen LogP contribution is 2.34. The molecule has 2 amide bonds. The second-order valence-electron chi connectivity index (χ2n) is 6.72. The normalized spacial score (nSPS) is 18.7. The van der Waals surface area contributed by atoms with Crippen LogP contribution < -0.4 is 21.7 Å². The molecule has 1 aliphatic rings. The second kappa shape index (κ2) is 8.53. The van der Waals surface area contributed by atoms with Crippen LogP contribution in [-0.4, -0.2) is 29.4 Å². The van der Waals surface area contributed by atoms with Crippen molar-refractivity contribution in [1.82, 2.24) is 15.6 Å². The highest BCUT2D eigenvalue weighted by Gasteiger charge is 2.29. The van der Waals surface area contributed by atoms with Gasteiger partial charge in [-0.2, -0.15) is 0 Å². The van der Waals surface area contributed by atoms with Gasteiger partial charge in [0.05, 0.1) is 5.56 Å². The standard InChI is InChI=1S/C20H26N6O/c1-2-23-19(22)15-12-24-18(11-16(15)21)26-20(27)25-17-10-6-9-14(17)13-7-4-3-5-8-13/h3-5,7-8,11-12,14,17H,2,6,9-10H2,1H3,(H2,22,23)(H4,21,24,25,26,27). The first-order chi connectivity index (χ1) is 13.1. The molecule has 7 nitrogen and oxygen atoms in total. The fourth-order valence-corrected chi connectivity index (χ4v) is 3.57. The van der Waals surface area contributed by atoms with Crippen LogP contribution in [0.25, 0.3) is 0 Å². The molecule has 0 bridgehead atoms. The van der Waals surface area contributed by atoms with E-state index in [9.17, 15) is 4.79 Å². The van der Waals surface area contributed by atoms with Crippen LogP contribution in [0.15, 0.2) is 42.6 Å². The minimum absolute atomic E-state index is 0.103. The largest absolute Gasteiger partial charge is 0.398 e. The lowest BCUT2D eigenvalue weighted by Gasteiger charge is -2.21. The lowest BCUT2D eigenvalue weighted by Crippen LogP contribution is -2.39. The molecular formula is C20H26N6O. The number of nitrogens with one attached hydrogen (secondary N) is 4. The number of anilines is 2. The Bertz CT molecular complexity index is 807. The predicted octanol–water partition coefficient (Wildman–Crippen LogP) is 3.06. The number of aromatic nitrogens is 1. The number of amides is 2. The number of nitrogen functional groups attached to an aromatic ring is 1. The molecule has 1 aromatic heterocycles. The molecule has 142 valence electrons. The summed E-state index contributed by atoms with van der Waals surface area (Å²) in [6.45, 7) is 2.54. The zero-order valence-corrected chi connectivity index (χ0v) is 15.5. The molecule has 1 heterocycles. The summed E-state index contributed by atoms with van der Waals surface area (Å²) in [5.41, 5.74) is 8.17. The van der Waals surface area contributed by atoms with E-state index >= 15 is 0 Å². The van der Waals surface area contributed by atoms with E-state index < -0.39 is 0 Å². The summed E-state index contributed by atoms with van der Waals surface area (Å²) in [4.78, 5) is 16.6. The topological polar surface area (TPSA) is 116 Å². The van der Waals surface area contributed by atoms with E-state index in [0.717, 1.165) is 19.3 Å². The highest BCUT2D eigenvalue weighted by atomic mass is 16.2. The van der Waals surface area contributed by atoms with Crippen LogP contribution in [0.3, 0.4) is 0 Å². The lowest BCUT2D eigenvalue weighted by molar-refractivity contribution is 0.247. The number of hydrogen-bond donors (Lipinski definition) is 5. The van der Waals surface area contributed by atoms with Gasteiger partial charge in [0, 0.05) is 36.5 Å². The summed E-state index contributed by atoms with van der Waals surface area (Å²) in [6, 6.07) is 11.7. The quantitative estimate of drug-likeness (QED) is 0.413. The second-order valence-corrected chi connectivity index (χ2v) is 6.72. The maximum Gasteiger partial charge on any atom is 0.320 e. The lowest BCUT2D eigenvalue weighted by atomic mass is 9.94. The molecule has 1 aromatic carbocycles. The van der Waals surface area contributed by atoms with Crippen LogP contribution in [0, 0.1) is 5.41 Å². The van der Waals surface area contributed by atoms with Crippen molar-refractivity contribution in [2.24, 2.45) is 0 Å². The van der Waals surface area contributed by atoms with Crippen molar-refractivity contribution in [3.63, 3.8) is 0 Å². The average Bonchev–Trinajstić information content (AvgIpc) is 3.10. The van der Waals surface area contributed by atoms with Gasteiger partial charge < -0.3 is 16.4 Å². The van der Waals surface area contributed by atoms with Gasteiger partial charge in [0.1, 0.15) is 11.7 Å². The van der Waals surface area contributed by atoms with Gasteiger partial charge in [0.15, 0.2) is 0 Å². The van der Waals surface area contributed by atoms with E-state index in [1.807, 2.05) is 25.1 Å². The number of pyridine rings is 1. The number of hydrogen-bond acceptors (Lipinski definition) is 4. The Morgan fingerprint density at radius 1 is 1.30 bits per heavy atom. The Balaban J connectivity index is 1.62. The number of carbonyl (C=O) groups excluding carboxylic acids is 1. The van der Waals surface area contributed by atoms with Gasteiger partial charge in [0.25, 0.3) is 0 Å². The number of nitrogens with two attached hydrogens (primary N) is 1. The molecule has 0 radical (unpaired) electrons. The minimum atomic E-state index is -0.288. The molecule has 3 rings (SSSR count). The molecule has 1 fully saturated rings. The van der Waals surface area contributed by atoms with Gasteiger partial charge in [0.2, 0.25) is 0 Å². The maximum absolute atomic E-state index is 12.4. The molecule has 2 atom stereocenters. The predicted molar refractivity (Wildman–Crippen MR) is 108 cm³/mol. The first kappa shape index (κ1) is 18.7. The Morgan fingerprint density at radius 2 is 2.07 bits per heavy atom. The molecule has 0 spiro atoms. The van der Waals surface area contributed by atoms with Crippen molar-refractivity contribution >= 4 is 23.4 Å². The summed E-state index contributed by atoms with van der Waals surface area (Å²) < 4.78 is 0. The summed E-state index contributed by atoms with van der Waals surface area (Å²) in [5.74, 6) is 0.917. The summed E-state index contributed by atoms with van der Waals surface area (Å²) in [6.07, 6.45) is 4.62. The number of benzene rings is 1. The minimum Gasteiger partial charge on any atom is -0.398 e. The van der Waals surface area contributed by atoms with E-state index in [1.165, 1.54) is 11.8 Å². The van der Waals surface area contributed by atoms with Gasteiger partial charge >= 0.3 is 6.03 Å². The fourth-order valence-electron chi connectivity index (χ4n) is 3.57. The first-order valence-corrected chi connectivity index (χ1v) is 9.29. The number of rotatable bonds is 5. The molecule has 27 heavy (non-hydrogen) atoms. The number of nitrogens with zero attached hydrogens (tertiary/aromatic N) is 1. The molecule has 0 aliphatic heterocycles. The van der Waals surface area contributed by atoms with E-state index in [2.05, 4.69) is 33.1 Å². The Hall–Kier alpha value is -3.09. The van der Waals surface area contributed by atoms with Gasteiger partial charge in [-0.25, -0.2) is 9.78 Å². The number of carbonyl (C=O) groups is 1. The fraction of sp³-hybridized carbons (Fsp3) is 0.350. The Kier molecular flexibility index (Phi) is 5.90. The molecular weight excluding hydrogens is 340 g/mol. The van der Waals surface area contributed by atoms with E-state index in [1.54, 1.807) is 6.07 Å². The first-order valence-electron chi connectivity index (χ1n) is 9.29. The van der Waals surface area contributed by atoms with Crippen LogP contribution in [-0.2, 0) is 0 Å². The SMILES string of the molecule is CCNC(=N)c1cnc(NC(=O)NC2CCCC2c2ccccc2)cc1N. The highest BCUT2D eigenvalue weighted by molar-refractivity contribution is 6.01. The van der Waals surface area contributed by atoms with Crippen LogP contribution >= 0.6 is 0 Å². The Labute approximate surface area is 159 Å². The van der Waals surface area contributed by atoms with Gasteiger partial charge in [-0.1, -0.05) is 36.8 Å². The van der Waals surface area contributed by atoms with Crippen molar-refractivity contribution in [2.45, 2.75) is 38.1 Å². The average molecular weight is 366 g/mol. The summed E-state index contributed by atoms with van der Waals surface area (Å²) >= 11 is 0. The zero-order valence-electron chi connectivity index (χ0n) is 15.5. The van der Waals surface area contributed by atoms with Crippen molar-refractivity contribution in [3.8, 4) is 0 Å². The summed E-state index contributed by atoms with van der Waals surface area (Å²) in [7, 11) is 0. The molecule has 7 heteroatoms. The third-order valence-electron chi connectivity index (χ3n) is 4.86. The van der Waals surface area contributed by atoms with Crippen LogP contribution in [0.4, 0.5) is 16.3 Å². The van der Waals surface area contributed by atoms with Gasteiger partial charge in [-0.05, 0) is 25.3 Å². The monoisotopic (exact) mass is 366 g/mol. The van der Waals surface area contributed by atoms with E-state index in [4.69, 9.17) is 11.1 Å². The number of amidine groups is 1. The van der Waals surface area contributed by atoms with Crippen LogP contribution in [0.5, 0.6) is 0 Å². The smallest absolute Gasteiger partial charge is 0.320 e. The van der Waals surface area contributed by atoms with Crippen LogP contribution in [0.2, 0.25) is 0 Å². The third kappa shape index (κ3) is 4.55. The maximum atomic E-state index is 12.4. The van der Waals surface area contributed by atoms with Crippen molar-refractivity contribution in [3.05, 3.63) is 53.7 Å². The molecule has 2 unspecified atom stereocenters. The number of urea groups is 1. The van der Waals surface area contributed by atoms with Gasteiger partial charge in [-0.15, -0.1) is 0 Å². The van der Waals surface area contributed by atoms with Gasteiger partial charge in [-0.3, -0.25) is 10.7 Å². The Morgan fingerprint density at radius 3 is 2.78 bits per heavy atom. The van der Waals surface area contributed by atoms with Crippen molar-refractivity contribution < 1.29 is 4.79 Å². The third-order valence-corrected chi connectivity index (χ3v) is 4.86. The molecule has 2 aromatic rings. The van der Waals surface area contributed by atoms with Crippen molar-refractivity contribution in [2.75, 3.05) is 17.6 Å². The van der Waals surface area contributed by atoms with E-state index in [-0.39, 0.29) is 17.9 Å². The van der Waals surface area contributed by atoms with E-state index in [0.29, 0.717) is 29.5 Å². The van der Waals surface area contributed by atoms with Crippen molar-refractivity contribution in [1.29, 1.82) is 5.41 Å². The molecule has 1 saturated carbocycles. The summed E-state index contributed by atoms with van der Waals surface area (Å²) in [5, 5.41) is 16.6. The molecule has 1 aliphatic carbocycles.